The first-order valence-electron chi connectivity index (χ1n) is 20.3. The van der Waals surface area contributed by atoms with Crippen molar-refractivity contribution in [3.63, 3.8) is 0 Å². The Kier molecular flexibility index (Phi) is 14.0. The Labute approximate surface area is 324 Å². The molecule has 6 rings (SSSR count). The van der Waals surface area contributed by atoms with Crippen molar-refractivity contribution in [3.05, 3.63) is 65.8 Å². The van der Waals surface area contributed by atoms with Crippen LogP contribution >= 0.6 is 0 Å². The molecule has 1 aromatic carbocycles. The smallest absolute Gasteiger partial charge is 0.410 e. The quantitative estimate of drug-likeness (QED) is 0.288. The van der Waals surface area contributed by atoms with Gasteiger partial charge in [0.2, 0.25) is 5.91 Å². The van der Waals surface area contributed by atoms with Gasteiger partial charge in [-0.05, 0) is 80.0 Å². The maximum absolute atomic E-state index is 15.1. The van der Waals surface area contributed by atoms with Crippen molar-refractivity contribution in [2.75, 3.05) is 57.3 Å². The van der Waals surface area contributed by atoms with Crippen LogP contribution in [-0.4, -0.2) is 124 Å². The van der Waals surface area contributed by atoms with Crippen molar-refractivity contribution in [2.45, 2.75) is 103 Å². The highest BCUT2D eigenvalue weighted by atomic mass is 19.1. The number of esters is 1. The zero-order valence-corrected chi connectivity index (χ0v) is 32.7. The van der Waals surface area contributed by atoms with Crippen molar-refractivity contribution in [2.24, 2.45) is 11.8 Å². The maximum atomic E-state index is 15.1. The number of piperazine rings is 2. The summed E-state index contributed by atoms with van der Waals surface area (Å²) in [6, 6.07) is 7.25. The van der Waals surface area contributed by atoms with Crippen LogP contribution in [0.5, 0.6) is 0 Å². The average Bonchev–Trinajstić information content (AvgIpc) is 3.70. The fraction of sp³-hybridized carbons (Fsp3) is 0.619. The Morgan fingerprint density at radius 1 is 0.945 bits per heavy atom. The Morgan fingerprint density at radius 3 is 2.38 bits per heavy atom. The van der Waals surface area contributed by atoms with Gasteiger partial charge in [-0.1, -0.05) is 45.3 Å². The van der Waals surface area contributed by atoms with Crippen LogP contribution in [0.1, 0.15) is 77.7 Å². The van der Waals surface area contributed by atoms with Gasteiger partial charge in [0.25, 0.3) is 0 Å². The van der Waals surface area contributed by atoms with Gasteiger partial charge in [0.15, 0.2) is 0 Å². The van der Waals surface area contributed by atoms with E-state index in [2.05, 4.69) is 14.9 Å². The Balaban J connectivity index is 1.12. The van der Waals surface area contributed by atoms with Gasteiger partial charge in [0.1, 0.15) is 24.6 Å². The molecule has 55 heavy (non-hydrogen) atoms. The topological polar surface area (TPSA) is 121 Å². The fourth-order valence-corrected chi connectivity index (χ4v) is 8.41. The lowest BCUT2D eigenvalue weighted by Gasteiger charge is -2.40. The van der Waals surface area contributed by atoms with E-state index < -0.39 is 30.1 Å². The minimum Gasteiger partial charge on any atom is -0.457 e. The lowest BCUT2D eigenvalue weighted by atomic mass is 9.91. The summed E-state index contributed by atoms with van der Waals surface area (Å²) >= 11 is 0. The molecule has 2 amide bonds. The largest absolute Gasteiger partial charge is 0.457 e. The number of nitrogens with zero attached hydrogens (tertiary/aromatic N) is 6. The third-order valence-corrected chi connectivity index (χ3v) is 11.8. The van der Waals surface area contributed by atoms with Gasteiger partial charge < -0.3 is 29.3 Å². The van der Waals surface area contributed by atoms with Crippen LogP contribution in [0.25, 0.3) is 6.08 Å². The Bertz CT molecular complexity index is 1650. The number of hydrogen-bond acceptors (Lipinski definition) is 9. The predicted octanol–water partition coefficient (Wildman–Crippen LogP) is 5.51. The number of benzene rings is 1. The normalized spacial score (nSPS) is 27.5. The highest BCUT2D eigenvalue weighted by molar-refractivity contribution is 5.76. The molecular formula is C42H59FN6O6. The molecule has 0 bridgehead atoms. The van der Waals surface area contributed by atoms with E-state index in [1.54, 1.807) is 32.9 Å². The molecule has 4 heterocycles. The van der Waals surface area contributed by atoms with E-state index in [4.69, 9.17) is 9.47 Å². The first-order valence-corrected chi connectivity index (χ1v) is 20.3. The molecule has 5 atom stereocenters. The molecule has 4 aliphatic rings. The standard InChI is InChI=1S/C42H59FN6O6/c1-30-10-12-37(50)28-40(52)55-41(31(2)11-13-38(30)54-42(53)48-22-18-45(19-23-48)35-8-5-4-6-9-35)32(3)24-33-25-34(43)27-36(26-33)46-16-20-47(21-17-46)39(51)29-49-15-7-14-44-49/h7,11,13-15,24-27,30-31,35,37-38,41,50H,4-6,8-10,12,16-23,28-29H2,1-3H3/b13-11-,32-24+/t30-,31-,37+,38-,41-/m0/s1. The average molecular weight is 763 g/mol. The van der Waals surface area contributed by atoms with Crippen LogP contribution in [0, 0.1) is 17.7 Å². The van der Waals surface area contributed by atoms with Crippen molar-refractivity contribution >= 4 is 29.7 Å². The number of carbonyl (C=O) groups excluding carboxylic acids is 3. The van der Waals surface area contributed by atoms with E-state index >= 15 is 4.39 Å². The van der Waals surface area contributed by atoms with Crippen LogP contribution in [-0.2, 0) is 25.6 Å². The molecule has 1 saturated carbocycles. The van der Waals surface area contributed by atoms with Gasteiger partial charge in [-0.2, -0.15) is 5.10 Å². The number of ether oxygens (including phenoxy) is 2. The number of rotatable bonds is 7. The van der Waals surface area contributed by atoms with Gasteiger partial charge in [-0.3, -0.25) is 19.2 Å². The number of hydrogen-bond donors (Lipinski definition) is 1. The Hall–Kier alpha value is -4.23. The molecule has 3 fully saturated rings. The third-order valence-electron chi connectivity index (χ3n) is 11.8. The summed E-state index contributed by atoms with van der Waals surface area (Å²) in [4.78, 5) is 47.5. The maximum Gasteiger partial charge on any atom is 0.410 e. The molecule has 1 aliphatic carbocycles. The molecule has 3 aliphatic heterocycles. The third kappa shape index (κ3) is 11.2. The second-order valence-electron chi connectivity index (χ2n) is 15.9. The molecule has 2 saturated heterocycles. The molecule has 1 N–H and O–H groups in total. The van der Waals surface area contributed by atoms with E-state index in [0.717, 1.165) is 13.1 Å². The van der Waals surface area contributed by atoms with Crippen LogP contribution in [0.2, 0.25) is 0 Å². The van der Waals surface area contributed by atoms with Crippen molar-refractivity contribution in [1.29, 1.82) is 0 Å². The van der Waals surface area contributed by atoms with Gasteiger partial charge in [-0.25, -0.2) is 9.18 Å². The predicted molar refractivity (Wildman–Crippen MR) is 209 cm³/mol. The molecule has 0 radical (unpaired) electrons. The summed E-state index contributed by atoms with van der Waals surface area (Å²) in [5.74, 6) is -1.31. The molecule has 0 spiro atoms. The number of aromatic nitrogens is 2. The molecule has 1 aromatic heterocycles. The number of carbonyl (C=O) groups is 3. The van der Waals surface area contributed by atoms with Crippen molar-refractivity contribution in [3.8, 4) is 0 Å². The second kappa shape index (κ2) is 19.1. The van der Waals surface area contributed by atoms with Crippen LogP contribution in [0.3, 0.4) is 0 Å². The molecule has 2 aromatic rings. The van der Waals surface area contributed by atoms with E-state index in [-0.39, 0.29) is 36.8 Å². The number of aliphatic hydroxyl groups is 1. The summed E-state index contributed by atoms with van der Waals surface area (Å²) in [6.45, 7) is 11.1. The van der Waals surface area contributed by atoms with Crippen molar-refractivity contribution in [1.82, 2.24) is 24.5 Å². The summed E-state index contributed by atoms with van der Waals surface area (Å²) in [6.07, 6.45) is 13.8. The number of halogens is 1. The first-order chi connectivity index (χ1) is 26.5. The molecule has 13 heteroatoms. The lowest BCUT2D eigenvalue weighted by molar-refractivity contribution is -0.151. The lowest BCUT2D eigenvalue weighted by Crippen LogP contribution is -2.52. The molecule has 0 unspecified atom stereocenters. The van der Waals surface area contributed by atoms with E-state index in [1.165, 1.54) is 44.2 Å². The molecule has 300 valence electrons. The van der Waals surface area contributed by atoms with Gasteiger partial charge in [0.05, 0.1) is 12.5 Å². The number of aliphatic hydroxyl groups excluding tert-OH is 1. The second-order valence-corrected chi connectivity index (χ2v) is 15.9. The number of anilines is 1. The van der Waals surface area contributed by atoms with Gasteiger partial charge in [-0.15, -0.1) is 0 Å². The molecule has 12 nitrogen and oxygen atoms in total. The Morgan fingerprint density at radius 2 is 1.67 bits per heavy atom. The number of cyclic esters (lactones) is 1. The van der Waals surface area contributed by atoms with Crippen LogP contribution in [0.4, 0.5) is 14.9 Å². The SMILES string of the molecule is C/C(=C\c1cc(F)cc(N2CCN(C(=O)Cn3cccn3)CC2)c1)[C@H]1OC(=O)C[C@H](O)CC[C@H](C)[C@@H](OC(=O)N2CCN(C3CCCCC3)CC2)/C=C\[C@@H]1C. The summed E-state index contributed by atoms with van der Waals surface area (Å²) in [5, 5.41) is 14.9. The number of amides is 2. The van der Waals surface area contributed by atoms with Gasteiger partial charge >= 0.3 is 12.1 Å². The van der Waals surface area contributed by atoms with Gasteiger partial charge in [0, 0.05) is 82.4 Å². The van der Waals surface area contributed by atoms with E-state index in [0.29, 0.717) is 75.0 Å². The van der Waals surface area contributed by atoms with E-state index in [1.807, 2.05) is 45.1 Å². The summed E-state index contributed by atoms with van der Waals surface area (Å²) in [5.41, 5.74) is 2.03. The van der Waals surface area contributed by atoms with Crippen LogP contribution in [0.15, 0.2) is 54.4 Å². The van der Waals surface area contributed by atoms with Crippen molar-refractivity contribution < 1.29 is 33.4 Å². The monoisotopic (exact) mass is 762 g/mol. The highest BCUT2D eigenvalue weighted by Gasteiger charge is 2.31. The highest BCUT2D eigenvalue weighted by Crippen LogP contribution is 2.28. The summed E-state index contributed by atoms with van der Waals surface area (Å²) in [7, 11) is 0. The van der Waals surface area contributed by atoms with E-state index in [9.17, 15) is 19.5 Å². The zero-order chi connectivity index (χ0) is 38.9. The zero-order valence-electron chi connectivity index (χ0n) is 32.7. The molecular weight excluding hydrogens is 703 g/mol. The van der Waals surface area contributed by atoms with Crippen LogP contribution < -0.4 is 4.90 Å². The summed E-state index contributed by atoms with van der Waals surface area (Å²) < 4.78 is 28.9. The minimum atomic E-state index is -0.894. The first kappa shape index (κ1) is 40.4. The minimum absolute atomic E-state index is 0.00819. The fourth-order valence-electron chi connectivity index (χ4n) is 8.41.